The first kappa shape index (κ1) is 65.4. The van der Waals surface area contributed by atoms with Crippen molar-refractivity contribution in [3.05, 3.63) is 36.5 Å². The molecule has 69 heavy (non-hydrogen) atoms. The number of unbranched alkanes of at least 4 members (excludes halogenated alkanes) is 37. The molecule has 9 nitrogen and oxygen atoms in total. The molecule has 7 atom stereocenters. The van der Waals surface area contributed by atoms with E-state index in [-0.39, 0.29) is 12.5 Å². The maximum absolute atomic E-state index is 13.0. The summed E-state index contributed by atoms with van der Waals surface area (Å²) in [5.74, 6) is -0.188. The van der Waals surface area contributed by atoms with Gasteiger partial charge in [-0.2, -0.15) is 0 Å². The molecule has 0 aromatic rings. The standard InChI is InChI=1S/C60H113NO8/c1-3-5-7-9-11-13-15-17-19-21-22-23-24-25-26-27-28-29-30-31-32-33-34-35-37-39-41-43-45-47-49-54(63)53(52-68-60-59(67)58(66)57(65)55(51-62)69-60)61-56(64)50-48-46-44-42-40-38-36-20-18-16-14-12-10-8-6-4-2/h14,16,20,36,47,49,53-55,57-60,62-63,65-67H,3-13,15,17-19,21-35,37-46,48,50-52H2,1-2H3,(H,61,64)/b16-14-,36-20-,49-47+. The first-order valence-corrected chi connectivity index (χ1v) is 29.7. The third-order valence-electron chi connectivity index (χ3n) is 14.2. The predicted molar refractivity (Wildman–Crippen MR) is 290 cm³/mol. The van der Waals surface area contributed by atoms with Crippen LogP contribution in [0.1, 0.15) is 284 Å². The third kappa shape index (κ3) is 39.6. The molecule has 9 heteroatoms. The molecule has 0 aromatic heterocycles. The summed E-state index contributed by atoms with van der Waals surface area (Å²) in [6.07, 6.45) is 57.9. The second kappa shape index (κ2) is 50.0. The molecule has 0 aromatic carbocycles. The maximum atomic E-state index is 13.0. The molecule has 1 amide bonds. The van der Waals surface area contributed by atoms with E-state index in [4.69, 9.17) is 9.47 Å². The van der Waals surface area contributed by atoms with Gasteiger partial charge in [0.25, 0.3) is 0 Å². The summed E-state index contributed by atoms with van der Waals surface area (Å²) >= 11 is 0. The van der Waals surface area contributed by atoms with Crippen LogP contribution >= 0.6 is 0 Å². The van der Waals surface area contributed by atoms with E-state index in [0.717, 1.165) is 64.2 Å². The molecule has 1 aliphatic rings. The van der Waals surface area contributed by atoms with Gasteiger partial charge in [-0.1, -0.05) is 262 Å². The van der Waals surface area contributed by atoms with Gasteiger partial charge >= 0.3 is 0 Å². The lowest BCUT2D eigenvalue weighted by molar-refractivity contribution is -0.302. The van der Waals surface area contributed by atoms with Crippen LogP contribution in [0.15, 0.2) is 36.5 Å². The van der Waals surface area contributed by atoms with Gasteiger partial charge in [0.05, 0.1) is 25.4 Å². The summed E-state index contributed by atoms with van der Waals surface area (Å²) in [4.78, 5) is 13.0. The highest BCUT2D eigenvalue weighted by Gasteiger charge is 2.44. The molecule has 1 aliphatic heterocycles. The normalized spacial score (nSPS) is 19.7. The monoisotopic (exact) mass is 976 g/mol. The summed E-state index contributed by atoms with van der Waals surface area (Å²) in [5.41, 5.74) is 0. The van der Waals surface area contributed by atoms with Crippen LogP contribution < -0.4 is 5.32 Å². The maximum Gasteiger partial charge on any atom is 0.220 e. The number of hydrogen-bond acceptors (Lipinski definition) is 8. The predicted octanol–water partition coefficient (Wildman–Crippen LogP) is 14.7. The fourth-order valence-electron chi connectivity index (χ4n) is 9.48. The molecule has 1 saturated heterocycles. The van der Waals surface area contributed by atoms with E-state index < -0.39 is 49.5 Å². The Hall–Kier alpha value is -1.59. The number of aliphatic hydroxyl groups excluding tert-OH is 5. The molecule has 406 valence electrons. The average molecular weight is 977 g/mol. The average Bonchev–Trinajstić information content (AvgIpc) is 3.35. The quantitative estimate of drug-likeness (QED) is 0.0261. The summed E-state index contributed by atoms with van der Waals surface area (Å²) in [7, 11) is 0. The van der Waals surface area contributed by atoms with Gasteiger partial charge in [0, 0.05) is 6.42 Å². The lowest BCUT2D eigenvalue weighted by Gasteiger charge is -2.40. The minimum absolute atomic E-state index is 0.188. The van der Waals surface area contributed by atoms with E-state index >= 15 is 0 Å². The minimum atomic E-state index is -1.57. The number of allylic oxidation sites excluding steroid dienone is 5. The number of aliphatic hydroxyl groups is 5. The number of amides is 1. The van der Waals surface area contributed by atoms with E-state index in [1.807, 2.05) is 6.08 Å². The van der Waals surface area contributed by atoms with E-state index in [9.17, 15) is 30.3 Å². The van der Waals surface area contributed by atoms with Crippen molar-refractivity contribution < 1.29 is 39.8 Å². The smallest absolute Gasteiger partial charge is 0.220 e. The Labute approximate surface area is 425 Å². The number of nitrogens with one attached hydrogen (secondary N) is 1. The Morgan fingerprint density at radius 1 is 0.493 bits per heavy atom. The number of carbonyl (C=O) groups excluding carboxylic acids is 1. The molecule has 1 fully saturated rings. The van der Waals surface area contributed by atoms with E-state index in [0.29, 0.717) is 6.42 Å². The third-order valence-corrected chi connectivity index (χ3v) is 14.2. The van der Waals surface area contributed by atoms with Gasteiger partial charge in [0.15, 0.2) is 6.29 Å². The first-order valence-electron chi connectivity index (χ1n) is 29.7. The van der Waals surface area contributed by atoms with Gasteiger partial charge in [0.2, 0.25) is 5.91 Å². The Kier molecular flexibility index (Phi) is 47.4. The Balaban J connectivity index is 2.18. The van der Waals surface area contributed by atoms with Crippen LogP contribution in [-0.2, 0) is 14.3 Å². The molecule has 1 heterocycles. The highest BCUT2D eigenvalue weighted by molar-refractivity contribution is 5.76. The lowest BCUT2D eigenvalue weighted by atomic mass is 9.99. The van der Waals surface area contributed by atoms with Crippen LogP contribution in [0.4, 0.5) is 0 Å². The van der Waals surface area contributed by atoms with Crippen molar-refractivity contribution in [2.75, 3.05) is 13.2 Å². The molecule has 0 saturated carbocycles. The van der Waals surface area contributed by atoms with Crippen LogP contribution in [0.2, 0.25) is 0 Å². The topological polar surface area (TPSA) is 149 Å². The summed E-state index contributed by atoms with van der Waals surface area (Å²) in [5, 5.41) is 54.5. The van der Waals surface area contributed by atoms with Crippen molar-refractivity contribution in [2.45, 2.75) is 326 Å². The van der Waals surface area contributed by atoms with Crippen molar-refractivity contribution in [1.82, 2.24) is 5.32 Å². The van der Waals surface area contributed by atoms with Crippen molar-refractivity contribution in [1.29, 1.82) is 0 Å². The minimum Gasteiger partial charge on any atom is -0.394 e. The zero-order valence-electron chi connectivity index (χ0n) is 45.1. The van der Waals surface area contributed by atoms with Crippen molar-refractivity contribution >= 4 is 5.91 Å². The molecule has 0 bridgehead atoms. The number of ether oxygens (including phenoxy) is 2. The van der Waals surface area contributed by atoms with Gasteiger partial charge in [-0.05, 0) is 51.4 Å². The van der Waals surface area contributed by atoms with Gasteiger partial charge < -0.3 is 40.3 Å². The Bertz CT molecular complexity index is 1180. The van der Waals surface area contributed by atoms with Gasteiger partial charge in [-0.25, -0.2) is 0 Å². The van der Waals surface area contributed by atoms with E-state index in [2.05, 4.69) is 43.5 Å². The van der Waals surface area contributed by atoms with Crippen molar-refractivity contribution in [2.24, 2.45) is 0 Å². The van der Waals surface area contributed by atoms with Crippen LogP contribution in [0, 0.1) is 0 Å². The van der Waals surface area contributed by atoms with E-state index in [1.165, 1.54) is 199 Å². The van der Waals surface area contributed by atoms with Gasteiger partial charge in [0.1, 0.15) is 24.4 Å². The molecule has 0 spiro atoms. The first-order chi connectivity index (χ1) is 33.8. The lowest BCUT2D eigenvalue weighted by Crippen LogP contribution is -2.60. The van der Waals surface area contributed by atoms with Gasteiger partial charge in [-0.3, -0.25) is 4.79 Å². The fraction of sp³-hybridized carbons (Fsp3) is 0.883. The zero-order chi connectivity index (χ0) is 50.1. The van der Waals surface area contributed by atoms with Crippen LogP contribution in [0.25, 0.3) is 0 Å². The highest BCUT2D eigenvalue weighted by atomic mass is 16.7. The number of rotatable bonds is 51. The molecule has 0 aliphatic carbocycles. The molecule has 0 radical (unpaired) electrons. The van der Waals surface area contributed by atoms with Crippen LogP contribution in [0.5, 0.6) is 0 Å². The van der Waals surface area contributed by atoms with Gasteiger partial charge in [-0.15, -0.1) is 0 Å². The molecule has 6 N–H and O–H groups in total. The SMILES string of the molecule is CCCCCC/C=C\C/C=C\CCCCCCCC(=O)NC(COC1OC(CO)C(O)C(O)C1O)C(O)/C=C/CCCCCCCCCCCCCCCCCCCCCCCCCCCCCC. The Morgan fingerprint density at radius 2 is 0.855 bits per heavy atom. The largest absolute Gasteiger partial charge is 0.394 e. The molecule has 1 rings (SSSR count). The van der Waals surface area contributed by atoms with E-state index in [1.54, 1.807) is 6.08 Å². The van der Waals surface area contributed by atoms with Crippen molar-refractivity contribution in [3.8, 4) is 0 Å². The number of carbonyl (C=O) groups is 1. The summed E-state index contributed by atoms with van der Waals surface area (Å²) in [6, 6.07) is -0.813. The molecular formula is C60H113NO8. The van der Waals surface area contributed by atoms with Crippen LogP contribution in [-0.4, -0.2) is 87.5 Å². The summed E-state index contributed by atoms with van der Waals surface area (Å²) < 4.78 is 11.3. The highest BCUT2D eigenvalue weighted by Crippen LogP contribution is 2.23. The second-order valence-electron chi connectivity index (χ2n) is 20.8. The van der Waals surface area contributed by atoms with Crippen LogP contribution in [0.3, 0.4) is 0 Å². The zero-order valence-corrected chi connectivity index (χ0v) is 45.1. The Morgan fingerprint density at radius 3 is 1.26 bits per heavy atom. The molecule has 7 unspecified atom stereocenters. The fourth-order valence-corrected chi connectivity index (χ4v) is 9.48. The second-order valence-corrected chi connectivity index (χ2v) is 20.8. The molecular weight excluding hydrogens is 863 g/mol. The summed E-state index contributed by atoms with van der Waals surface area (Å²) in [6.45, 7) is 3.78. The number of hydrogen-bond donors (Lipinski definition) is 6. The van der Waals surface area contributed by atoms with Crippen molar-refractivity contribution in [3.63, 3.8) is 0 Å².